The van der Waals surface area contributed by atoms with Gasteiger partial charge in [0.25, 0.3) is 15.0 Å². The largest absolute Gasteiger partial charge is 0.349 e. The van der Waals surface area contributed by atoms with Crippen molar-refractivity contribution in [3.8, 4) is 0 Å². The molecule has 20 heavy (non-hydrogen) atoms. The molecule has 0 aromatic carbocycles. The van der Waals surface area contributed by atoms with E-state index in [2.05, 4.69) is 19.2 Å². The van der Waals surface area contributed by atoms with Crippen LogP contribution in [-0.4, -0.2) is 20.4 Å². The molecule has 7 heteroatoms. The van der Waals surface area contributed by atoms with Crippen molar-refractivity contribution in [2.45, 2.75) is 51.5 Å². The number of hydrogen-bond donors (Lipinski definition) is 1. The Kier molecular flexibility index (Phi) is 6.04. The minimum Gasteiger partial charge on any atom is -0.349 e. The van der Waals surface area contributed by atoms with Crippen LogP contribution in [0.5, 0.6) is 0 Å². The molecule has 0 saturated carbocycles. The Balaban J connectivity index is 2.74. The molecule has 0 bridgehead atoms. The van der Waals surface area contributed by atoms with E-state index in [1.807, 2.05) is 6.92 Å². The molecule has 1 atom stereocenters. The summed E-state index contributed by atoms with van der Waals surface area (Å²) in [5, 5.41) is 2.88. The first-order chi connectivity index (χ1) is 9.11. The lowest BCUT2D eigenvalue weighted by atomic mass is 10.0. The monoisotopic (exact) mass is 337 g/mol. The molecule has 4 nitrogen and oxygen atoms in total. The van der Waals surface area contributed by atoms with Gasteiger partial charge in [0.15, 0.2) is 0 Å². The van der Waals surface area contributed by atoms with E-state index in [1.54, 1.807) is 6.92 Å². The number of halogens is 1. The van der Waals surface area contributed by atoms with Crippen LogP contribution in [0.2, 0.25) is 0 Å². The van der Waals surface area contributed by atoms with Crippen molar-refractivity contribution in [3.63, 3.8) is 0 Å². The maximum absolute atomic E-state index is 12.1. The van der Waals surface area contributed by atoms with Crippen LogP contribution < -0.4 is 5.32 Å². The summed E-state index contributed by atoms with van der Waals surface area (Å²) in [7, 11) is 1.53. The van der Waals surface area contributed by atoms with Gasteiger partial charge in [0, 0.05) is 21.6 Å². The molecule has 114 valence electrons. The molecule has 0 spiro atoms. The van der Waals surface area contributed by atoms with E-state index in [9.17, 15) is 13.2 Å². The summed E-state index contributed by atoms with van der Waals surface area (Å²) in [6, 6.07) is 1.40. The summed E-state index contributed by atoms with van der Waals surface area (Å²) in [6.45, 7) is 7.85. The number of nitrogens with one attached hydrogen (secondary N) is 1. The second kappa shape index (κ2) is 6.91. The van der Waals surface area contributed by atoms with E-state index >= 15 is 0 Å². The van der Waals surface area contributed by atoms with E-state index in [1.165, 1.54) is 6.07 Å². The first-order valence-corrected chi connectivity index (χ1v) is 9.59. The van der Waals surface area contributed by atoms with Gasteiger partial charge >= 0.3 is 0 Å². The normalized spacial score (nSPS) is 13.5. The molecule has 1 unspecified atom stereocenters. The molecule has 0 aliphatic heterocycles. The van der Waals surface area contributed by atoms with Gasteiger partial charge in [-0.3, -0.25) is 4.79 Å². The molecule has 1 rings (SSSR count). The number of aryl methyl sites for hydroxylation is 1. The van der Waals surface area contributed by atoms with Crippen molar-refractivity contribution in [3.05, 3.63) is 15.8 Å². The highest BCUT2D eigenvalue weighted by atomic mass is 35.7. The summed E-state index contributed by atoms with van der Waals surface area (Å²) >= 11 is 1.14. The Morgan fingerprint density at radius 2 is 1.95 bits per heavy atom. The van der Waals surface area contributed by atoms with E-state index < -0.39 is 9.05 Å². The average molecular weight is 338 g/mol. The minimum atomic E-state index is -3.79. The summed E-state index contributed by atoms with van der Waals surface area (Å²) in [6.07, 6.45) is 1.93. The number of thiophene rings is 1. The van der Waals surface area contributed by atoms with Crippen molar-refractivity contribution in [1.29, 1.82) is 0 Å². The Hall–Kier alpha value is -0.590. The second-order valence-corrected chi connectivity index (χ2v) is 9.11. The molecule has 1 aromatic heterocycles. The van der Waals surface area contributed by atoms with Crippen LogP contribution >= 0.6 is 22.0 Å². The molecule has 1 N–H and O–H groups in total. The van der Waals surface area contributed by atoms with Gasteiger partial charge in [0.1, 0.15) is 0 Å². The third-order valence-corrected chi connectivity index (χ3v) is 5.54. The third kappa shape index (κ3) is 5.07. The molecule has 0 radical (unpaired) electrons. The van der Waals surface area contributed by atoms with Gasteiger partial charge in [-0.15, -0.1) is 11.3 Å². The maximum atomic E-state index is 12.1. The third-order valence-electron chi connectivity index (χ3n) is 2.91. The van der Waals surface area contributed by atoms with Crippen LogP contribution in [0.15, 0.2) is 11.0 Å². The zero-order valence-electron chi connectivity index (χ0n) is 12.1. The Morgan fingerprint density at radius 3 is 2.40 bits per heavy atom. The van der Waals surface area contributed by atoms with Crippen molar-refractivity contribution < 1.29 is 13.2 Å². The molecule has 0 aliphatic carbocycles. The lowest BCUT2D eigenvalue weighted by molar-refractivity contribution is 0.0941. The number of hydrogen-bond acceptors (Lipinski definition) is 4. The van der Waals surface area contributed by atoms with Gasteiger partial charge in [-0.1, -0.05) is 13.8 Å². The fourth-order valence-corrected chi connectivity index (χ4v) is 4.34. The Labute approximate surface area is 129 Å². The van der Waals surface area contributed by atoms with E-state index in [4.69, 9.17) is 10.7 Å². The lowest BCUT2D eigenvalue weighted by Gasteiger charge is -2.14. The summed E-state index contributed by atoms with van der Waals surface area (Å²) < 4.78 is 22.7. The molecular formula is C13H20ClNO3S2. The fourth-order valence-electron chi connectivity index (χ4n) is 1.77. The first-order valence-electron chi connectivity index (χ1n) is 6.47. The van der Waals surface area contributed by atoms with E-state index in [0.717, 1.165) is 24.2 Å². The quantitative estimate of drug-likeness (QED) is 0.807. The molecule has 1 amide bonds. The van der Waals surface area contributed by atoms with E-state index in [0.29, 0.717) is 15.7 Å². The molecule has 0 fully saturated rings. The van der Waals surface area contributed by atoms with Gasteiger partial charge in [0.05, 0.1) is 9.77 Å². The van der Waals surface area contributed by atoms with Crippen molar-refractivity contribution in [2.75, 3.05) is 0 Å². The van der Waals surface area contributed by atoms with Crippen LogP contribution in [-0.2, 0) is 9.05 Å². The molecule has 0 saturated heterocycles. The molecule has 1 aromatic rings. The van der Waals surface area contributed by atoms with Crippen LogP contribution in [0.4, 0.5) is 0 Å². The van der Waals surface area contributed by atoms with Crippen molar-refractivity contribution >= 4 is 37.0 Å². The maximum Gasteiger partial charge on any atom is 0.262 e. The number of carbonyl (C=O) groups excluding carboxylic acids is 1. The average Bonchev–Trinajstić information content (AvgIpc) is 2.68. The van der Waals surface area contributed by atoms with Crippen LogP contribution in [0.3, 0.4) is 0 Å². The molecule has 1 heterocycles. The molecular weight excluding hydrogens is 318 g/mol. The Morgan fingerprint density at radius 1 is 1.35 bits per heavy atom. The highest BCUT2D eigenvalue weighted by Gasteiger charge is 2.21. The SMILES string of the molecule is Cc1sc(C(=O)NC(C)CCC(C)C)cc1S(=O)(=O)Cl. The number of amides is 1. The summed E-state index contributed by atoms with van der Waals surface area (Å²) in [4.78, 5) is 13.0. The van der Waals surface area contributed by atoms with Gasteiger partial charge in [0.2, 0.25) is 0 Å². The van der Waals surface area contributed by atoms with Gasteiger partial charge in [-0.05, 0) is 38.7 Å². The van der Waals surface area contributed by atoms with Gasteiger partial charge in [-0.25, -0.2) is 8.42 Å². The van der Waals surface area contributed by atoms with Crippen LogP contribution in [0.1, 0.15) is 48.2 Å². The topological polar surface area (TPSA) is 63.2 Å². The molecule has 0 aliphatic rings. The van der Waals surface area contributed by atoms with Gasteiger partial charge in [-0.2, -0.15) is 0 Å². The number of carbonyl (C=O) groups is 1. The highest BCUT2D eigenvalue weighted by molar-refractivity contribution is 8.13. The summed E-state index contributed by atoms with van der Waals surface area (Å²) in [5.74, 6) is 0.340. The standard InChI is InChI=1S/C13H20ClNO3S2/c1-8(2)5-6-9(3)15-13(16)11-7-12(10(4)19-11)20(14,17)18/h7-9H,5-6H2,1-4H3,(H,15,16). The predicted octanol–water partition coefficient (Wildman–Crippen LogP) is 3.54. The van der Waals surface area contributed by atoms with Crippen molar-refractivity contribution in [2.24, 2.45) is 5.92 Å². The Bertz CT molecular complexity index is 578. The lowest BCUT2D eigenvalue weighted by Crippen LogP contribution is -2.32. The second-order valence-electron chi connectivity index (χ2n) is 5.31. The van der Waals surface area contributed by atoms with Crippen LogP contribution in [0, 0.1) is 12.8 Å². The number of rotatable bonds is 6. The van der Waals surface area contributed by atoms with E-state index in [-0.39, 0.29) is 16.8 Å². The predicted molar refractivity (Wildman–Crippen MR) is 83.1 cm³/mol. The fraction of sp³-hybridized carbons (Fsp3) is 0.615. The van der Waals surface area contributed by atoms with Crippen molar-refractivity contribution in [1.82, 2.24) is 5.32 Å². The van der Waals surface area contributed by atoms with Crippen LogP contribution in [0.25, 0.3) is 0 Å². The highest BCUT2D eigenvalue weighted by Crippen LogP contribution is 2.28. The van der Waals surface area contributed by atoms with Gasteiger partial charge < -0.3 is 5.32 Å². The summed E-state index contributed by atoms with van der Waals surface area (Å²) in [5.41, 5.74) is 0. The zero-order chi connectivity index (χ0) is 15.5. The smallest absolute Gasteiger partial charge is 0.262 e. The zero-order valence-corrected chi connectivity index (χ0v) is 14.5. The first kappa shape index (κ1) is 17.5. The minimum absolute atomic E-state index is 0.0177.